The predicted molar refractivity (Wildman–Crippen MR) is 69.1 cm³/mol. The van der Waals surface area contributed by atoms with Crippen molar-refractivity contribution in [3.05, 3.63) is 26.2 Å². The third-order valence-corrected chi connectivity index (χ3v) is 4.44. The van der Waals surface area contributed by atoms with Gasteiger partial charge in [-0.15, -0.1) is 22.7 Å². The summed E-state index contributed by atoms with van der Waals surface area (Å²) in [6, 6.07) is 4.15. The van der Waals surface area contributed by atoms with Gasteiger partial charge >= 0.3 is 0 Å². The summed E-state index contributed by atoms with van der Waals surface area (Å²) >= 11 is 8.88. The molecule has 82 valence electrons. The number of thiophene rings is 1. The van der Waals surface area contributed by atoms with E-state index in [0.717, 1.165) is 20.6 Å². The Bertz CT molecular complexity index is 548. The zero-order valence-corrected chi connectivity index (χ0v) is 11.2. The van der Waals surface area contributed by atoms with Gasteiger partial charge in [-0.1, -0.05) is 11.6 Å². The Hall–Kier alpha value is -0.890. The van der Waals surface area contributed by atoms with Crippen molar-refractivity contribution in [3.8, 4) is 17.3 Å². The number of nitrogens with zero attached hydrogens (tertiary/aromatic N) is 2. The molecule has 2 rings (SSSR count). The van der Waals surface area contributed by atoms with Crippen molar-refractivity contribution in [1.29, 1.82) is 5.26 Å². The molecule has 0 saturated carbocycles. The second-order valence-corrected chi connectivity index (χ2v) is 6.31. The minimum Gasteiger partial charge on any atom is -0.239 e. The zero-order chi connectivity index (χ0) is 11.8. The van der Waals surface area contributed by atoms with Gasteiger partial charge in [-0.25, -0.2) is 4.98 Å². The average molecular weight is 269 g/mol. The van der Waals surface area contributed by atoms with Crippen molar-refractivity contribution in [3.63, 3.8) is 0 Å². The lowest BCUT2D eigenvalue weighted by Gasteiger charge is -2.09. The Morgan fingerprint density at radius 3 is 2.69 bits per heavy atom. The minimum absolute atomic E-state index is 0.525. The Labute approximate surface area is 107 Å². The molecular weight excluding hydrogens is 260 g/mol. The van der Waals surface area contributed by atoms with Crippen LogP contribution in [0.15, 0.2) is 16.8 Å². The van der Waals surface area contributed by atoms with Gasteiger partial charge in [-0.2, -0.15) is 5.26 Å². The molecule has 0 aliphatic heterocycles. The van der Waals surface area contributed by atoms with Crippen molar-refractivity contribution in [2.45, 2.75) is 19.3 Å². The van der Waals surface area contributed by atoms with E-state index in [1.807, 2.05) is 30.7 Å². The fraction of sp³-hybridized carbons (Fsp3) is 0.273. The van der Waals surface area contributed by atoms with Gasteiger partial charge in [0.05, 0.1) is 16.1 Å². The van der Waals surface area contributed by atoms with Crippen LogP contribution in [0.5, 0.6) is 0 Å². The Morgan fingerprint density at radius 2 is 2.12 bits per heavy atom. The summed E-state index contributed by atoms with van der Waals surface area (Å²) in [5.41, 5.74) is 1.39. The normalized spacial score (nSPS) is 11.4. The Balaban J connectivity index is 2.38. The molecule has 5 heteroatoms. The minimum atomic E-state index is -0.525. The van der Waals surface area contributed by atoms with Gasteiger partial charge < -0.3 is 0 Å². The van der Waals surface area contributed by atoms with Crippen molar-refractivity contribution in [1.82, 2.24) is 4.98 Å². The molecule has 0 bridgehead atoms. The molecule has 0 unspecified atom stereocenters. The highest BCUT2D eigenvalue weighted by Gasteiger charge is 2.24. The molecule has 0 fully saturated rings. The number of nitriles is 1. The fourth-order valence-electron chi connectivity index (χ4n) is 1.19. The van der Waals surface area contributed by atoms with E-state index in [1.54, 1.807) is 0 Å². The number of thiazole rings is 1. The number of halogens is 1. The number of hydrogen-bond donors (Lipinski definition) is 0. The van der Waals surface area contributed by atoms with Gasteiger partial charge in [0, 0.05) is 16.3 Å². The molecule has 0 aliphatic rings. The second-order valence-electron chi connectivity index (χ2n) is 3.91. The van der Waals surface area contributed by atoms with E-state index < -0.39 is 5.41 Å². The van der Waals surface area contributed by atoms with Crippen molar-refractivity contribution in [2.75, 3.05) is 0 Å². The van der Waals surface area contributed by atoms with Crippen LogP contribution in [-0.2, 0) is 5.41 Å². The smallest absolute Gasteiger partial charge is 0.113 e. The lowest BCUT2D eigenvalue weighted by Crippen LogP contribution is -2.13. The van der Waals surface area contributed by atoms with Gasteiger partial charge in [0.1, 0.15) is 10.4 Å². The van der Waals surface area contributed by atoms with Gasteiger partial charge in [0.15, 0.2) is 0 Å². The van der Waals surface area contributed by atoms with Gasteiger partial charge in [-0.3, -0.25) is 0 Å². The molecular formula is C11H9ClN2S2. The lowest BCUT2D eigenvalue weighted by atomic mass is 9.97. The standard InChI is InChI=1S/C11H9ClN2S2/c1-11(2,6-13)10-14-8(5-16-10)7-3-9(12)15-4-7/h3-5H,1-2H3. The predicted octanol–water partition coefficient (Wildman–Crippen LogP) is 4.33. The summed E-state index contributed by atoms with van der Waals surface area (Å²) in [5.74, 6) is 0. The Kier molecular flexibility index (Phi) is 3.02. The molecule has 0 atom stereocenters. The molecule has 0 aliphatic carbocycles. The molecule has 0 amide bonds. The molecule has 2 heterocycles. The van der Waals surface area contributed by atoms with Gasteiger partial charge in [0.25, 0.3) is 0 Å². The second kappa shape index (κ2) is 4.17. The van der Waals surface area contributed by atoms with Crippen molar-refractivity contribution < 1.29 is 0 Å². The first kappa shape index (κ1) is 11.6. The summed E-state index contributed by atoms with van der Waals surface area (Å²) in [6.07, 6.45) is 0. The van der Waals surface area contributed by atoms with Crippen LogP contribution >= 0.6 is 34.3 Å². The largest absolute Gasteiger partial charge is 0.239 e. The highest BCUT2D eigenvalue weighted by atomic mass is 35.5. The molecule has 2 aromatic rings. The van der Waals surface area contributed by atoms with Crippen LogP contribution in [0.25, 0.3) is 11.3 Å². The van der Waals surface area contributed by atoms with Crippen LogP contribution in [0.2, 0.25) is 4.34 Å². The number of aromatic nitrogens is 1. The van der Waals surface area contributed by atoms with E-state index in [4.69, 9.17) is 16.9 Å². The molecule has 16 heavy (non-hydrogen) atoms. The zero-order valence-electron chi connectivity index (χ0n) is 8.82. The van der Waals surface area contributed by atoms with Gasteiger partial charge in [-0.05, 0) is 19.9 Å². The summed E-state index contributed by atoms with van der Waals surface area (Å²) in [6.45, 7) is 3.74. The summed E-state index contributed by atoms with van der Waals surface area (Å²) < 4.78 is 0.754. The van der Waals surface area contributed by atoms with E-state index in [0.29, 0.717) is 0 Å². The van der Waals surface area contributed by atoms with Crippen LogP contribution in [0.4, 0.5) is 0 Å². The van der Waals surface area contributed by atoms with Crippen molar-refractivity contribution in [2.24, 2.45) is 0 Å². The molecule has 0 N–H and O–H groups in total. The molecule has 0 spiro atoms. The molecule has 0 saturated heterocycles. The summed E-state index contributed by atoms with van der Waals surface area (Å²) in [7, 11) is 0. The van der Waals surface area contributed by atoms with E-state index >= 15 is 0 Å². The average Bonchev–Trinajstić information content (AvgIpc) is 2.85. The number of rotatable bonds is 2. The monoisotopic (exact) mass is 268 g/mol. The van der Waals surface area contributed by atoms with E-state index in [2.05, 4.69) is 11.1 Å². The SMILES string of the molecule is CC(C)(C#N)c1nc(-c2csc(Cl)c2)cs1. The van der Waals surface area contributed by atoms with E-state index in [9.17, 15) is 0 Å². The third kappa shape index (κ3) is 2.12. The van der Waals surface area contributed by atoms with Crippen molar-refractivity contribution >= 4 is 34.3 Å². The third-order valence-electron chi connectivity index (χ3n) is 2.18. The summed E-state index contributed by atoms with van der Waals surface area (Å²) in [4.78, 5) is 4.48. The maximum Gasteiger partial charge on any atom is 0.113 e. The number of hydrogen-bond acceptors (Lipinski definition) is 4. The van der Waals surface area contributed by atoms with Crippen LogP contribution in [-0.4, -0.2) is 4.98 Å². The fourth-order valence-corrected chi connectivity index (χ4v) is 2.96. The quantitative estimate of drug-likeness (QED) is 0.813. The first-order valence-corrected chi connectivity index (χ1v) is 6.78. The van der Waals surface area contributed by atoms with Crippen LogP contribution in [0.3, 0.4) is 0 Å². The first-order chi connectivity index (χ1) is 7.53. The van der Waals surface area contributed by atoms with E-state index in [-0.39, 0.29) is 0 Å². The molecule has 0 aromatic carbocycles. The maximum atomic E-state index is 9.03. The highest BCUT2D eigenvalue weighted by molar-refractivity contribution is 7.14. The molecule has 2 aromatic heterocycles. The molecule has 0 radical (unpaired) electrons. The Morgan fingerprint density at radius 1 is 1.38 bits per heavy atom. The first-order valence-electron chi connectivity index (χ1n) is 4.64. The van der Waals surface area contributed by atoms with Crippen LogP contribution < -0.4 is 0 Å². The lowest BCUT2D eigenvalue weighted by molar-refractivity contribution is 0.680. The van der Waals surface area contributed by atoms with Crippen LogP contribution in [0.1, 0.15) is 18.9 Å². The van der Waals surface area contributed by atoms with Crippen LogP contribution in [0, 0.1) is 11.3 Å². The van der Waals surface area contributed by atoms with Gasteiger partial charge in [0.2, 0.25) is 0 Å². The summed E-state index contributed by atoms with van der Waals surface area (Å²) in [5, 5.41) is 13.8. The highest BCUT2D eigenvalue weighted by Crippen LogP contribution is 2.33. The topological polar surface area (TPSA) is 36.7 Å². The van der Waals surface area contributed by atoms with E-state index in [1.165, 1.54) is 22.7 Å². The molecule has 2 nitrogen and oxygen atoms in total. The maximum absolute atomic E-state index is 9.03.